The summed E-state index contributed by atoms with van der Waals surface area (Å²) in [5.74, 6) is -0.429. The Morgan fingerprint density at radius 3 is 2.74 bits per heavy atom. The highest BCUT2D eigenvalue weighted by molar-refractivity contribution is 14.1. The van der Waals surface area contributed by atoms with Crippen LogP contribution in [0.25, 0.3) is 0 Å². The quantitative estimate of drug-likeness (QED) is 0.694. The van der Waals surface area contributed by atoms with Gasteiger partial charge in [-0.25, -0.2) is 0 Å². The Balaban J connectivity index is 2.68. The van der Waals surface area contributed by atoms with Crippen LogP contribution in [0.15, 0.2) is 22.7 Å². The SMILES string of the molecule is CCCNC(=O)C(C)NC(=O)c1cc(I)ccc1Br. The first-order valence-electron chi connectivity index (χ1n) is 5.99. The third-order valence-corrected chi connectivity index (χ3v) is 3.83. The summed E-state index contributed by atoms with van der Waals surface area (Å²) in [7, 11) is 0. The summed E-state index contributed by atoms with van der Waals surface area (Å²) in [6.45, 7) is 4.27. The Bertz CT molecular complexity index is 480. The summed E-state index contributed by atoms with van der Waals surface area (Å²) in [6.07, 6.45) is 0.870. The van der Waals surface area contributed by atoms with E-state index >= 15 is 0 Å². The minimum atomic E-state index is -0.552. The fourth-order valence-electron chi connectivity index (χ4n) is 1.41. The lowest BCUT2D eigenvalue weighted by molar-refractivity contribution is -0.122. The van der Waals surface area contributed by atoms with E-state index in [-0.39, 0.29) is 11.8 Å². The Kier molecular flexibility index (Phi) is 6.78. The molecule has 0 aliphatic rings. The van der Waals surface area contributed by atoms with E-state index in [1.807, 2.05) is 19.1 Å². The molecule has 1 rings (SSSR count). The third-order valence-electron chi connectivity index (χ3n) is 2.46. The number of benzene rings is 1. The number of amides is 2. The molecular formula is C13H16BrIN2O2. The number of rotatable bonds is 5. The number of carbonyl (C=O) groups is 2. The zero-order valence-corrected chi connectivity index (χ0v) is 14.5. The topological polar surface area (TPSA) is 58.2 Å². The van der Waals surface area contributed by atoms with Crippen molar-refractivity contribution < 1.29 is 9.59 Å². The Morgan fingerprint density at radius 1 is 1.42 bits per heavy atom. The van der Waals surface area contributed by atoms with Crippen LogP contribution in [0.1, 0.15) is 30.6 Å². The Hall–Kier alpha value is -0.630. The molecule has 0 bridgehead atoms. The molecule has 2 amide bonds. The van der Waals surface area contributed by atoms with Crippen LogP contribution >= 0.6 is 38.5 Å². The minimum absolute atomic E-state index is 0.169. The molecule has 0 heterocycles. The first-order valence-corrected chi connectivity index (χ1v) is 7.86. The van der Waals surface area contributed by atoms with Crippen LogP contribution in [-0.4, -0.2) is 24.4 Å². The number of carbonyl (C=O) groups excluding carboxylic acids is 2. The van der Waals surface area contributed by atoms with Gasteiger partial charge in [-0.1, -0.05) is 6.92 Å². The van der Waals surface area contributed by atoms with Gasteiger partial charge < -0.3 is 10.6 Å². The van der Waals surface area contributed by atoms with E-state index in [9.17, 15) is 9.59 Å². The molecule has 0 saturated heterocycles. The fraction of sp³-hybridized carbons (Fsp3) is 0.385. The second kappa shape index (κ2) is 7.84. The van der Waals surface area contributed by atoms with Crippen LogP contribution in [0.4, 0.5) is 0 Å². The van der Waals surface area contributed by atoms with Gasteiger partial charge in [0, 0.05) is 14.6 Å². The second-order valence-electron chi connectivity index (χ2n) is 4.11. The Labute approximate surface area is 135 Å². The summed E-state index contributed by atoms with van der Waals surface area (Å²) >= 11 is 5.48. The number of hydrogen-bond donors (Lipinski definition) is 2. The van der Waals surface area contributed by atoms with Crippen LogP contribution in [0.2, 0.25) is 0 Å². The molecule has 2 N–H and O–H groups in total. The molecule has 0 radical (unpaired) electrons. The smallest absolute Gasteiger partial charge is 0.253 e. The molecule has 0 spiro atoms. The fourth-order valence-corrected chi connectivity index (χ4v) is 2.33. The van der Waals surface area contributed by atoms with Gasteiger partial charge in [0.2, 0.25) is 5.91 Å². The van der Waals surface area contributed by atoms with E-state index in [0.29, 0.717) is 16.6 Å². The van der Waals surface area contributed by atoms with Crippen molar-refractivity contribution in [2.75, 3.05) is 6.54 Å². The highest BCUT2D eigenvalue weighted by atomic mass is 127. The molecule has 1 atom stereocenters. The van der Waals surface area contributed by atoms with Crippen molar-refractivity contribution in [1.29, 1.82) is 0 Å². The minimum Gasteiger partial charge on any atom is -0.354 e. The summed E-state index contributed by atoms with van der Waals surface area (Å²) in [5, 5.41) is 5.44. The van der Waals surface area contributed by atoms with Gasteiger partial charge in [0.25, 0.3) is 5.91 Å². The predicted molar refractivity (Wildman–Crippen MR) is 87.1 cm³/mol. The molecule has 4 nitrogen and oxygen atoms in total. The van der Waals surface area contributed by atoms with Gasteiger partial charge in [-0.2, -0.15) is 0 Å². The van der Waals surface area contributed by atoms with Gasteiger partial charge in [-0.05, 0) is 70.1 Å². The summed E-state index contributed by atoms with van der Waals surface area (Å²) in [5.41, 5.74) is 0.530. The first kappa shape index (κ1) is 16.4. The molecule has 0 aliphatic heterocycles. The van der Waals surface area contributed by atoms with E-state index in [2.05, 4.69) is 49.2 Å². The molecule has 1 aromatic rings. The second-order valence-corrected chi connectivity index (χ2v) is 6.21. The molecule has 0 aromatic heterocycles. The number of nitrogens with one attached hydrogen (secondary N) is 2. The zero-order valence-electron chi connectivity index (χ0n) is 10.8. The molecule has 6 heteroatoms. The lowest BCUT2D eigenvalue weighted by Gasteiger charge is -2.14. The summed E-state index contributed by atoms with van der Waals surface area (Å²) < 4.78 is 1.68. The van der Waals surface area contributed by atoms with Crippen molar-refractivity contribution >= 4 is 50.3 Å². The lowest BCUT2D eigenvalue weighted by Crippen LogP contribution is -2.45. The van der Waals surface area contributed by atoms with Crippen molar-refractivity contribution in [3.05, 3.63) is 31.8 Å². The average Bonchev–Trinajstić information content (AvgIpc) is 2.38. The molecule has 0 aliphatic carbocycles. The van der Waals surface area contributed by atoms with Crippen LogP contribution in [0.5, 0.6) is 0 Å². The summed E-state index contributed by atoms with van der Waals surface area (Å²) in [6, 6.07) is 4.94. The van der Waals surface area contributed by atoms with E-state index < -0.39 is 6.04 Å². The van der Waals surface area contributed by atoms with Crippen molar-refractivity contribution in [2.45, 2.75) is 26.3 Å². The monoisotopic (exact) mass is 438 g/mol. The van der Waals surface area contributed by atoms with E-state index in [1.54, 1.807) is 13.0 Å². The van der Waals surface area contributed by atoms with Crippen LogP contribution in [0.3, 0.4) is 0 Å². The number of hydrogen-bond acceptors (Lipinski definition) is 2. The highest BCUT2D eigenvalue weighted by Gasteiger charge is 2.17. The largest absolute Gasteiger partial charge is 0.354 e. The van der Waals surface area contributed by atoms with Crippen LogP contribution < -0.4 is 10.6 Å². The van der Waals surface area contributed by atoms with Crippen molar-refractivity contribution in [3.63, 3.8) is 0 Å². The number of halogens is 2. The third kappa shape index (κ3) is 5.10. The van der Waals surface area contributed by atoms with Crippen LogP contribution in [0, 0.1) is 3.57 Å². The van der Waals surface area contributed by atoms with E-state index in [0.717, 1.165) is 9.99 Å². The van der Waals surface area contributed by atoms with E-state index in [1.165, 1.54) is 0 Å². The predicted octanol–water partition coefficient (Wildman–Crippen LogP) is 2.70. The van der Waals surface area contributed by atoms with Gasteiger partial charge in [0.15, 0.2) is 0 Å². The van der Waals surface area contributed by atoms with Crippen molar-refractivity contribution in [2.24, 2.45) is 0 Å². The van der Waals surface area contributed by atoms with E-state index in [4.69, 9.17) is 0 Å². The van der Waals surface area contributed by atoms with Crippen LogP contribution in [-0.2, 0) is 4.79 Å². The molecule has 104 valence electrons. The highest BCUT2D eigenvalue weighted by Crippen LogP contribution is 2.19. The zero-order chi connectivity index (χ0) is 14.4. The standard InChI is InChI=1S/C13H16BrIN2O2/c1-3-6-16-12(18)8(2)17-13(19)10-7-9(15)4-5-11(10)14/h4-5,7-8H,3,6H2,1-2H3,(H,16,18)(H,17,19). The summed E-state index contributed by atoms with van der Waals surface area (Å²) in [4.78, 5) is 23.8. The lowest BCUT2D eigenvalue weighted by atomic mass is 10.2. The van der Waals surface area contributed by atoms with Gasteiger partial charge >= 0.3 is 0 Å². The normalized spacial score (nSPS) is 11.8. The Morgan fingerprint density at radius 2 is 2.11 bits per heavy atom. The van der Waals surface area contributed by atoms with Gasteiger partial charge in [-0.15, -0.1) is 0 Å². The van der Waals surface area contributed by atoms with Crippen molar-refractivity contribution in [3.8, 4) is 0 Å². The molecule has 1 unspecified atom stereocenters. The molecule has 1 aromatic carbocycles. The van der Waals surface area contributed by atoms with Gasteiger partial charge in [0.1, 0.15) is 6.04 Å². The first-order chi connectivity index (χ1) is 8.95. The molecular weight excluding hydrogens is 423 g/mol. The van der Waals surface area contributed by atoms with Crippen molar-refractivity contribution in [1.82, 2.24) is 10.6 Å². The average molecular weight is 439 g/mol. The van der Waals surface area contributed by atoms with Gasteiger partial charge in [0.05, 0.1) is 5.56 Å². The van der Waals surface area contributed by atoms with Gasteiger partial charge in [-0.3, -0.25) is 9.59 Å². The molecule has 0 fully saturated rings. The maximum absolute atomic E-state index is 12.1. The molecule has 0 saturated carbocycles. The maximum atomic E-state index is 12.1. The maximum Gasteiger partial charge on any atom is 0.253 e. The molecule has 19 heavy (non-hydrogen) atoms.